The van der Waals surface area contributed by atoms with E-state index < -0.39 is 12.0 Å². The second-order valence-electron chi connectivity index (χ2n) is 2.90. The number of aliphatic carboxylic acids is 1. The Kier molecular flexibility index (Phi) is 5.12. The summed E-state index contributed by atoms with van der Waals surface area (Å²) < 4.78 is 3.48. The molecule has 1 heterocycles. The largest absolute Gasteiger partial charge is 0.481 e. The monoisotopic (exact) mass is 245 g/mol. The summed E-state index contributed by atoms with van der Waals surface area (Å²) in [5, 5.41) is 20.5. The van der Waals surface area contributed by atoms with Crippen LogP contribution in [0.2, 0.25) is 0 Å². The molecular formula is C7H11N5O3S. The summed E-state index contributed by atoms with van der Waals surface area (Å²) in [6, 6.07) is -0.395. The van der Waals surface area contributed by atoms with Crippen LogP contribution in [-0.4, -0.2) is 38.5 Å². The van der Waals surface area contributed by atoms with E-state index in [1.54, 1.807) is 0 Å². The van der Waals surface area contributed by atoms with Gasteiger partial charge in [0, 0.05) is 24.5 Å². The molecular weight excluding hydrogens is 234 g/mol. The number of unbranched alkanes of at least 4 members (excludes halogenated alkanes) is 1. The summed E-state index contributed by atoms with van der Waals surface area (Å²) in [7, 11) is 0. The molecule has 1 aromatic heterocycles. The number of rotatable bonds is 6. The normalized spacial score (nSPS) is 9.75. The molecule has 0 bridgehead atoms. The van der Waals surface area contributed by atoms with E-state index >= 15 is 0 Å². The van der Waals surface area contributed by atoms with Gasteiger partial charge in [0.15, 0.2) is 0 Å². The Hall–Kier alpha value is -1.77. The summed E-state index contributed by atoms with van der Waals surface area (Å²) in [5.41, 5.74) is 0. The maximum Gasteiger partial charge on any atom is 0.321 e. The van der Waals surface area contributed by atoms with E-state index in [1.807, 2.05) is 0 Å². The first-order chi connectivity index (χ1) is 7.68. The van der Waals surface area contributed by atoms with Crippen LogP contribution < -0.4 is 10.6 Å². The van der Waals surface area contributed by atoms with Crippen molar-refractivity contribution in [1.82, 2.24) is 20.1 Å². The maximum atomic E-state index is 11.2. The maximum absolute atomic E-state index is 11.2. The Balaban J connectivity index is 2.05. The van der Waals surface area contributed by atoms with Crippen molar-refractivity contribution in [2.45, 2.75) is 19.3 Å². The molecule has 0 spiro atoms. The van der Waals surface area contributed by atoms with E-state index in [0.29, 0.717) is 24.5 Å². The van der Waals surface area contributed by atoms with Crippen molar-refractivity contribution in [2.75, 3.05) is 11.9 Å². The lowest BCUT2D eigenvalue weighted by Gasteiger charge is -2.03. The number of carbonyl (C=O) groups is 2. The number of anilines is 1. The lowest BCUT2D eigenvalue weighted by atomic mass is 10.2. The SMILES string of the molecule is O=C(O)CCCCNC(=O)Nc1nnns1. The average Bonchev–Trinajstić information content (AvgIpc) is 2.69. The standard InChI is InChI=1S/C7H11N5O3S/c13-5(14)3-1-2-4-8-6(15)9-7-10-11-12-16-7/h1-4H2,(H,13,14)(H2,8,9,10,12,15). The van der Waals surface area contributed by atoms with E-state index in [-0.39, 0.29) is 6.42 Å². The van der Waals surface area contributed by atoms with Gasteiger partial charge in [0.1, 0.15) is 0 Å². The quantitative estimate of drug-likeness (QED) is 0.621. The fraction of sp³-hybridized carbons (Fsp3) is 0.571. The first kappa shape index (κ1) is 12.3. The molecule has 2 amide bonds. The number of urea groups is 1. The molecule has 88 valence electrons. The van der Waals surface area contributed by atoms with Crippen LogP contribution in [0.1, 0.15) is 19.3 Å². The van der Waals surface area contributed by atoms with Gasteiger partial charge in [-0.1, -0.05) is 9.59 Å². The fourth-order valence-corrected chi connectivity index (χ4v) is 1.29. The zero-order chi connectivity index (χ0) is 11.8. The highest BCUT2D eigenvalue weighted by atomic mass is 32.1. The number of amides is 2. The van der Waals surface area contributed by atoms with Crippen molar-refractivity contribution >= 4 is 28.7 Å². The van der Waals surface area contributed by atoms with Gasteiger partial charge in [-0.3, -0.25) is 10.1 Å². The lowest BCUT2D eigenvalue weighted by molar-refractivity contribution is -0.137. The topological polar surface area (TPSA) is 117 Å². The average molecular weight is 245 g/mol. The van der Waals surface area contributed by atoms with E-state index in [1.165, 1.54) is 0 Å². The van der Waals surface area contributed by atoms with Crippen molar-refractivity contribution in [2.24, 2.45) is 0 Å². The molecule has 0 aliphatic rings. The molecule has 0 aliphatic heterocycles. The number of carboxylic acids is 1. The Morgan fingerprint density at radius 3 is 2.81 bits per heavy atom. The molecule has 1 aromatic rings. The molecule has 0 radical (unpaired) electrons. The van der Waals surface area contributed by atoms with Crippen LogP contribution in [0, 0.1) is 0 Å². The van der Waals surface area contributed by atoms with Gasteiger partial charge >= 0.3 is 12.0 Å². The highest BCUT2D eigenvalue weighted by Gasteiger charge is 2.04. The Bertz CT molecular complexity index is 342. The summed E-state index contributed by atoms with van der Waals surface area (Å²) in [6.45, 7) is 0.422. The number of hydrogen-bond acceptors (Lipinski definition) is 6. The first-order valence-electron chi connectivity index (χ1n) is 4.60. The molecule has 0 saturated carbocycles. The fourth-order valence-electron chi connectivity index (χ4n) is 0.926. The number of carbonyl (C=O) groups excluding carboxylic acids is 1. The third kappa shape index (κ3) is 5.20. The molecule has 0 atom stereocenters. The van der Waals surface area contributed by atoms with Crippen LogP contribution >= 0.6 is 11.5 Å². The van der Waals surface area contributed by atoms with Crippen LogP contribution in [-0.2, 0) is 4.79 Å². The van der Waals surface area contributed by atoms with Crippen molar-refractivity contribution in [3.05, 3.63) is 0 Å². The highest BCUT2D eigenvalue weighted by Crippen LogP contribution is 2.03. The van der Waals surface area contributed by atoms with Gasteiger partial charge in [0.05, 0.1) is 0 Å². The van der Waals surface area contributed by atoms with Crippen molar-refractivity contribution in [3.8, 4) is 0 Å². The number of hydrogen-bond donors (Lipinski definition) is 3. The predicted octanol–water partition coefficient (Wildman–Crippen LogP) is 0.309. The predicted molar refractivity (Wildman–Crippen MR) is 56.2 cm³/mol. The van der Waals surface area contributed by atoms with E-state index in [4.69, 9.17) is 5.11 Å². The van der Waals surface area contributed by atoms with Gasteiger partial charge in [0.25, 0.3) is 0 Å². The number of carboxylic acid groups (broad SMARTS) is 1. The number of nitrogens with zero attached hydrogens (tertiary/aromatic N) is 3. The molecule has 0 fully saturated rings. The molecule has 3 N–H and O–H groups in total. The Morgan fingerprint density at radius 2 is 2.19 bits per heavy atom. The van der Waals surface area contributed by atoms with Crippen LogP contribution in [0.5, 0.6) is 0 Å². The number of nitrogens with one attached hydrogen (secondary N) is 2. The minimum Gasteiger partial charge on any atom is -0.481 e. The second-order valence-corrected chi connectivity index (χ2v) is 3.63. The van der Waals surface area contributed by atoms with Crippen LogP contribution in [0.15, 0.2) is 0 Å². The van der Waals surface area contributed by atoms with E-state index in [0.717, 1.165) is 11.5 Å². The third-order valence-corrected chi connectivity index (χ3v) is 2.13. The minimum atomic E-state index is -0.829. The van der Waals surface area contributed by atoms with Crippen LogP contribution in [0.4, 0.5) is 9.93 Å². The number of aromatic nitrogens is 3. The summed E-state index contributed by atoms with van der Waals surface area (Å²) >= 11 is 0.977. The summed E-state index contributed by atoms with van der Waals surface area (Å²) in [4.78, 5) is 21.4. The van der Waals surface area contributed by atoms with E-state index in [2.05, 4.69) is 25.4 Å². The highest BCUT2D eigenvalue weighted by molar-refractivity contribution is 7.09. The molecule has 8 nitrogen and oxygen atoms in total. The molecule has 0 aliphatic carbocycles. The Labute approximate surface area is 95.2 Å². The molecule has 0 aromatic carbocycles. The van der Waals surface area contributed by atoms with Crippen molar-refractivity contribution in [3.63, 3.8) is 0 Å². The zero-order valence-electron chi connectivity index (χ0n) is 8.34. The van der Waals surface area contributed by atoms with Crippen LogP contribution in [0.3, 0.4) is 0 Å². The second kappa shape index (κ2) is 6.67. The summed E-state index contributed by atoms with van der Waals surface area (Å²) in [5.74, 6) is -0.829. The Morgan fingerprint density at radius 1 is 1.38 bits per heavy atom. The molecule has 1 rings (SSSR count). The molecule has 16 heavy (non-hydrogen) atoms. The smallest absolute Gasteiger partial charge is 0.321 e. The van der Waals surface area contributed by atoms with Gasteiger partial charge in [-0.05, 0) is 18.1 Å². The lowest BCUT2D eigenvalue weighted by Crippen LogP contribution is -2.29. The van der Waals surface area contributed by atoms with Gasteiger partial charge < -0.3 is 10.4 Å². The van der Waals surface area contributed by atoms with Gasteiger partial charge in [0.2, 0.25) is 5.13 Å². The zero-order valence-corrected chi connectivity index (χ0v) is 9.16. The third-order valence-electron chi connectivity index (χ3n) is 1.62. The van der Waals surface area contributed by atoms with Crippen molar-refractivity contribution < 1.29 is 14.7 Å². The van der Waals surface area contributed by atoms with E-state index in [9.17, 15) is 9.59 Å². The van der Waals surface area contributed by atoms with Gasteiger partial charge in [-0.2, -0.15) is 0 Å². The molecule has 0 unspecified atom stereocenters. The van der Waals surface area contributed by atoms with Gasteiger partial charge in [-0.15, -0.1) is 0 Å². The molecule has 9 heteroatoms. The van der Waals surface area contributed by atoms with Crippen LogP contribution in [0.25, 0.3) is 0 Å². The minimum absolute atomic E-state index is 0.115. The van der Waals surface area contributed by atoms with Crippen molar-refractivity contribution in [1.29, 1.82) is 0 Å². The summed E-state index contributed by atoms with van der Waals surface area (Å²) in [6.07, 6.45) is 1.27. The molecule has 0 saturated heterocycles. The first-order valence-corrected chi connectivity index (χ1v) is 5.37. The van der Waals surface area contributed by atoms with Gasteiger partial charge in [-0.25, -0.2) is 4.79 Å².